The highest BCUT2D eigenvalue weighted by Gasteiger charge is 2.25. The van der Waals surface area contributed by atoms with Crippen LogP contribution < -0.4 is 0 Å². The molecule has 0 spiro atoms. The number of nitrogens with zero attached hydrogens (tertiary/aromatic N) is 2. The minimum atomic E-state index is 0.329. The molecule has 0 aliphatic heterocycles. The van der Waals surface area contributed by atoms with Crippen molar-refractivity contribution in [2.45, 2.75) is 39.2 Å². The van der Waals surface area contributed by atoms with Gasteiger partial charge in [0, 0.05) is 23.9 Å². The molecule has 0 atom stereocenters. The van der Waals surface area contributed by atoms with E-state index in [2.05, 4.69) is 48.7 Å². The van der Waals surface area contributed by atoms with Crippen LogP contribution in [0.2, 0.25) is 0 Å². The molecule has 0 saturated carbocycles. The number of fused-ring (bicyclic) bond motifs is 3. The number of Topliss-reactive ketones (excluding diaryl/α,β-unsaturated/α-hetero) is 1. The molecule has 1 aromatic heterocycles. The van der Waals surface area contributed by atoms with Gasteiger partial charge in [-0.15, -0.1) is 0 Å². The molecule has 1 aromatic carbocycles. The minimum absolute atomic E-state index is 0.329. The molecule has 0 saturated heterocycles. The van der Waals surface area contributed by atoms with Crippen LogP contribution in [-0.4, -0.2) is 35.9 Å². The van der Waals surface area contributed by atoms with Crippen molar-refractivity contribution in [1.82, 2.24) is 9.47 Å². The zero-order chi connectivity index (χ0) is 15.0. The lowest BCUT2D eigenvalue weighted by Gasteiger charge is -2.16. The van der Waals surface area contributed by atoms with Crippen molar-refractivity contribution in [2.75, 3.05) is 20.6 Å². The predicted octanol–water partition coefficient (Wildman–Crippen LogP) is 3.42. The molecule has 0 unspecified atom stereocenters. The lowest BCUT2D eigenvalue weighted by atomic mass is 9.94. The average Bonchev–Trinajstić information content (AvgIpc) is 2.74. The third kappa shape index (κ3) is 2.62. The maximum Gasteiger partial charge on any atom is 0.179 e. The SMILES string of the molecule is Cc1ccc2c(c1)c1c(n2CCCN(C)C)C(=O)CCC1. The second kappa shape index (κ2) is 5.64. The van der Waals surface area contributed by atoms with Crippen LogP contribution in [-0.2, 0) is 13.0 Å². The van der Waals surface area contributed by atoms with Crippen molar-refractivity contribution in [1.29, 1.82) is 0 Å². The van der Waals surface area contributed by atoms with Gasteiger partial charge in [0.15, 0.2) is 5.78 Å². The van der Waals surface area contributed by atoms with Crippen LogP contribution in [0.3, 0.4) is 0 Å². The number of carbonyl (C=O) groups excluding carboxylic acids is 1. The minimum Gasteiger partial charge on any atom is -0.338 e. The Morgan fingerprint density at radius 2 is 2.05 bits per heavy atom. The van der Waals surface area contributed by atoms with E-state index < -0.39 is 0 Å². The highest BCUT2D eigenvalue weighted by molar-refractivity contribution is 6.04. The van der Waals surface area contributed by atoms with Gasteiger partial charge < -0.3 is 9.47 Å². The molecule has 3 rings (SSSR count). The molecule has 2 aromatic rings. The summed E-state index contributed by atoms with van der Waals surface area (Å²) < 4.78 is 2.27. The number of aryl methyl sites for hydroxylation is 3. The number of benzene rings is 1. The summed E-state index contributed by atoms with van der Waals surface area (Å²) in [5, 5.41) is 1.29. The monoisotopic (exact) mass is 284 g/mol. The summed E-state index contributed by atoms with van der Waals surface area (Å²) >= 11 is 0. The predicted molar refractivity (Wildman–Crippen MR) is 87.1 cm³/mol. The van der Waals surface area contributed by atoms with Gasteiger partial charge in [0.1, 0.15) is 0 Å². The first-order chi connectivity index (χ1) is 10.1. The van der Waals surface area contributed by atoms with Gasteiger partial charge in [-0.25, -0.2) is 0 Å². The van der Waals surface area contributed by atoms with Crippen molar-refractivity contribution >= 4 is 16.7 Å². The van der Waals surface area contributed by atoms with Crippen molar-refractivity contribution < 1.29 is 4.79 Å². The van der Waals surface area contributed by atoms with Gasteiger partial charge >= 0.3 is 0 Å². The Balaban J connectivity index is 2.08. The summed E-state index contributed by atoms with van der Waals surface area (Å²) in [7, 11) is 4.19. The summed E-state index contributed by atoms with van der Waals surface area (Å²) in [4.78, 5) is 14.6. The smallest absolute Gasteiger partial charge is 0.179 e. The summed E-state index contributed by atoms with van der Waals surface area (Å²) in [6.07, 6.45) is 3.82. The molecule has 0 amide bonds. The molecule has 0 radical (unpaired) electrons. The third-order valence-electron chi connectivity index (χ3n) is 4.41. The van der Waals surface area contributed by atoms with Gasteiger partial charge in [-0.3, -0.25) is 4.79 Å². The standard InChI is InChI=1S/C18H24N2O/c1-13-8-9-16-15(12-13)14-6-4-7-17(21)18(14)20(16)11-5-10-19(2)3/h8-9,12H,4-7,10-11H2,1-3H3. The Morgan fingerprint density at radius 1 is 1.24 bits per heavy atom. The molecule has 0 fully saturated rings. The molecule has 1 aliphatic rings. The molecular formula is C18H24N2O. The maximum atomic E-state index is 12.4. The average molecular weight is 284 g/mol. The summed E-state index contributed by atoms with van der Waals surface area (Å²) in [5.74, 6) is 0.329. The normalized spacial score (nSPS) is 15.0. The van der Waals surface area contributed by atoms with E-state index in [1.54, 1.807) is 0 Å². The Kier molecular flexibility index (Phi) is 3.85. The molecule has 21 heavy (non-hydrogen) atoms. The lowest BCUT2D eigenvalue weighted by Crippen LogP contribution is -2.18. The van der Waals surface area contributed by atoms with E-state index in [4.69, 9.17) is 0 Å². The zero-order valence-electron chi connectivity index (χ0n) is 13.3. The van der Waals surface area contributed by atoms with E-state index >= 15 is 0 Å². The highest BCUT2D eigenvalue weighted by Crippen LogP contribution is 2.33. The molecule has 0 bridgehead atoms. The van der Waals surface area contributed by atoms with Gasteiger partial charge in [0.25, 0.3) is 0 Å². The largest absolute Gasteiger partial charge is 0.338 e. The highest BCUT2D eigenvalue weighted by atomic mass is 16.1. The Bertz CT molecular complexity index is 682. The van der Waals surface area contributed by atoms with Crippen molar-refractivity contribution in [2.24, 2.45) is 0 Å². The van der Waals surface area contributed by atoms with E-state index in [1.807, 2.05) is 0 Å². The molecule has 1 aliphatic carbocycles. The number of aromatic nitrogens is 1. The van der Waals surface area contributed by atoms with E-state index in [0.717, 1.165) is 38.0 Å². The lowest BCUT2D eigenvalue weighted by molar-refractivity contribution is 0.0963. The molecule has 3 nitrogen and oxygen atoms in total. The quantitative estimate of drug-likeness (QED) is 0.859. The van der Waals surface area contributed by atoms with Gasteiger partial charge in [-0.2, -0.15) is 0 Å². The van der Waals surface area contributed by atoms with Gasteiger partial charge in [0.05, 0.1) is 5.69 Å². The molecular weight excluding hydrogens is 260 g/mol. The topological polar surface area (TPSA) is 25.2 Å². The number of ketones is 1. The summed E-state index contributed by atoms with van der Waals surface area (Å²) in [5.41, 5.74) is 4.78. The first-order valence-electron chi connectivity index (χ1n) is 7.87. The van der Waals surface area contributed by atoms with Crippen molar-refractivity contribution in [3.8, 4) is 0 Å². The summed E-state index contributed by atoms with van der Waals surface area (Å²) in [6, 6.07) is 6.59. The number of carbonyl (C=O) groups is 1. The van der Waals surface area contributed by atoms with E-state index in [1.165, 1.54) is 22.0 Å². The van der Waals surface area contributed by atoms with Crippen LogP contribution in [0, 0.1) is 6.92 Å². The third-order valence-corrected chi connectivity index (χ3v) is 4.41. The Hall–Kier alpha value is -1.61. The van der Waals surface area contributed by atoms with Crippen LogP contribution in [0.25, 0.3) is 10.9 Å². The van der Waals surface area contributed by atoms with Crippen LogP contribution in [0.4, 0.5) is 0 Å². The van der Waals surface area contributed by atoms with Gasteiger partial charge in [-0.05, 0) is 64.5 Å². The van der Waals surface area contributed by atoms with E-state index in [-0.39, 0.29) is 0 Å². The van der Waals surface area contributed by atoms with E-state index in [0.29, 0.717) is 12.2 Å². The zero-order valence-corrected chi connectivity index (χ0v) is 13.3. The first kappa shape index (κ1) is 14.3. The van der Waals surface area contributed by atoms with Gasteiger partial charge in [-0.1, -0.05) is 11.6 Å². The second-order valence-corrected chi connectivity index (χ2v) is 6.43. The fourth-order valence-corrected chi connectivity index (χ4v) is 3.43. The molecule has 112 valence electrons. The fraction of sp³-hybridized carbons (Fsp3) is 0.500. The van der Waals surface area contributed by atoms with Crippen molar-refractivity contribution in [3.05, 3.63) is 35.0 Å². The van der Waals surface area contributed by atoms with Crippen LogP contribution >= 0.6 is 0 Å². The second-order valence-electron chi connectivity index (χ2n) is 6.43. The Morgan fingerprint density at radius 3 is 2.81 bits per heavy atom. The van der Waals surface area contributed by atoms with Gasteiger partial charge in [0.2, 0.25) is 0 Å². The maximum absolute atomic E-state index is 12.4. The molecule has 0 N–H and O–H groups in total. The summed E-state index contributed by atoms with van der Waals surface area (Å²) in [6.45, 7) is 4.10. The van der Waals surface area contributed by atoms with Crippen molar-refractivity contribution in [3.63, 3.8) is 0 Å². The Labute approximate surface area is 126 Å². The number of hydrogen-bond donors (Lipinski definition) is 0. The first-order valence-corrected chi connectivity index (χ1v) is 7.87. The fourth-order valence-electron chi connectivity index (χ4n) is 3.43. The molecule has 1 heterocycles. The van der Waals surface area contributed by atoms with Crippen LogP contribution in [0.5, 0.6) is 0 Å². The van der Waals surface area contributed by atoms with Crippen LogP contribution in [0.1, 0.15) is 40.9 Å². The number of rotatable bonds is 4. The molecule has 3 heteroatoms. The van der Waals surface area contributed by atoms with E-state index in [9.17, 15) is 4.79 Å². The van der Waals surface area contributed by atoms with Crippen LogP contribution in [0.15, 0.2) is 18.2 Å². The number of hydrogen-bond acceptors (Lipinski definition) is 2.